The summed E-state index contributed by atoms with van der Waals surface area (Å²) in [5.74, 6) is -4.17. The lowest BCUT2D eigenvalue weighted by molar-refractivity contribution is -0.158. The molecule has 208 valence electrons. The van der Waals surface area contributed by atoms with E-state index in [1.807, 2.05) is 0 Å². The van der Waals surface area contributed by atoms with Gasteiger partial charge in [-0.2, -0.15) is 0 Å². The van der Waals surface area contributed by atoms with Crippen LogP contribution < -0.4 is 0 Å². The van der Waals surface area contributed by atoms with Gasteiger partial charge < -0.3 is 18.9 Å². The second-order valence-corrected chi connectivity index (χ2v) is 8.53. The summed E-state index contributed by atoms with van der Waals surface area (Å²) in [6.45, 7) is 7.89. The molecule has 0 aromatic carbocycles. The highest BCUT2D eigenvalue weighted by Gasteiger charge is 2.37. The summed E-state index contributed by atoms with van der Waals surface area (Å²) < 4.78 is 20.1. The number of ether oxygens (including phenoxy) is 4. The van der Waals surface area contributed by atoms with E-state index in [0.717, 1.165) is 25.7 Å². The van der Waals surface area contributed by atoms with Crippen molar-refractivity contribution in [2.75, 3.05) is 26.4 Å². The van der Waals surface area contributed by atoms with E-state index >= 15 is 0 Å². The summed E-state index contributed by atoms with van der Waals surface area (Å²) in [7, 11) is 0. The molecule has 0 aliphatic carbocycles. The Hall–Kier alpha value is -2.45. The van der Waals surface area contributed by atoms with Crippen molar-refractivity contribution in [1.82, 2.24) is 0 Å². The number of hydrogen-bond donors (Lipinski definition) is 0. The van der Waals surface area contributed by atoms with Crippen LogP contribution in [-0.2, 0) is 42.9 Å². The van der Waals surface area contributed by atoms with E-state index in [2.05, 4.69) is 0 Å². The van der Waals surface area contributed by atoms with E-state index in [0.29, 0.717) is 51.7 Å². The van der Waals surface area contributed by atoms with Gasteiger partial charge in [0.15, 0.2) is 5.78 Å². The fraction of sp³-hybridized carbons (Fsp3) is 0.815. The molecular weight excluding hydrogens is 468 g/mol. The van der Waals surface area contributed by atoms with Crippen LogP contribution in [0.3, 0.4) is 0 Å². The normalized spacial score (nSPS) is 12.3. The van der Waals surface area contributed by atoms with E-state index in [1.165, 1.54) is 0 Å². The summed E-state index contributed by atoms with van der Waals surface area (Å²) in [6, 6.07) is 0. The molecule has 2 atom stereocenters. The van der Waals surface area contributed by atoms with Gasteiger partial charge in [-0.05, 0) is 53.4 Å². The lowest BCUT2D eigenvalue weighted by atomic mass is 9.85. The first-order valence-electron chi connectivity index (χ1n) is 13.5. The summed E-state index contributed by atoms with van der Waals surface area (Å²) in [5.41, 5.74) is 0. The quantitative estimate of drug-likeness (QED) is 0.0873. The van der Waals surface area contributed by atoms with Crippen molar-refractivity contribution >= 4 is 29.7 Å². The molecule has 0 saturated carbocycles. The molecule has 0 bridgehead atoms. The molecular formula is C27H46O9. The summed E-state index contributed by atoms with van der Waals surface area (Å²) >= 11 is 0. The van der Waals surface area contributed by atoms with Crippen molar-refractivity contribution in [3.05, 3.63) is 0 Å². The molecule has 0 fully saturated rings. The van der Waals surface area contributed by atoms with Gasteiger partial charge >= 0.3 is 23.9 Å². The van der Waals surface area contributed by atoms with Gasteiger partial charge in [-0.25, -0.2) is 0 Å². The van der Waals surface area contributed by atoms with Crippen molar-refractivity contribution in [3.63, 3.8) is 0 Å². The summed E-state index contributed by atoms with van der Waals surface area (Å²) in [5, 5.41) is 0. The van der Waals surface area contributed by atoms with Gasteiger partial charge in [0.1, 0.15) is 11.8 Å². The molecule has 0 saturated heterocycles. The topological polar surface area (TPSA) is 122 Å². The summed E-state index contributed by atoms with van der Waals surface area (Å²) in [6.07, 6.45) is 6.85. The monoisotopic (exact) mass is 514 g/mol. The fourth-order valence-electron chi connectivity index (χ4n) is 3.89. The second kappa shape index (κ2) is 21.8. The minimum Gasteiger partial charge on any atom is -0.466 e. The van der Waals surface area contributed by atoms with Crippen molar-refractivity contribution in [1.29, 1.82) is 0 Å². The van der Waals surface area contributed by atoms with E-state index in [9.17, 15) is 24.0 Å². The molecule has 0 aliphatic heterocycles. The van der Waals surface area contributed by atoms with Gasteiger partial charge in [-0.1, -0.05) is 38.5 Å². The summed E-state index contributed by atoms with van der Waals surface area (Å²) in [4.78, 5) is 61.3. The Labute approximate surface area is 215 Å². The minimum absolute atomic E-state index is 0.146. The molecule has 0 spiro atoms. The van der Waals surface area contributed by atoms with Crippen molar-refractivity contribution in [2.24, 2.45) is 11.8 Å². The van der Waals surface area contributed by atoms with Gasteiger partial charge in [0.25, 0.3) is 0 Å². The van der Waals surface area contributed by atoms with Crippen molar-refractivity contribution in [2.45, 2.75) is 105 Å². The van der Waals surface area contributed by atoms with Crippen LogP contribution in [0, 0.1) is 11.8 Å². The van der Waals surface area contributed by atoms with E-state index in [-0.39, 0.29) is 38.0 Å². The fourth-order valence-corrected chi connectivity index (χ4v) is 3.89. The smallest absolute Gasteiger partial charge is 0.316 e. The minimum atomic E-state index is -1.02. The van der Waals surface area contributed by atoms with E-state index in [4.69, 9.17) is 18.9 Å². The maximum Gasteiger partial charge on any atom is 0.316 e. The maximum atomic E-state index is 13.3. The average molecular weight is 515 g/mol. The van der Waals surface area contributed by atoms with Crippen LogP contribution in [-0.4, -0.2) is 56.1 Å². The first-order valence-corrected chi connectivity index (χ1v) is 13.5. The highest BCUT2D eigenvalue weighted by molar-refractivity contribution is 6.08. The Morgan fingerprint density at radius 2 is 0.806 bits per heavy atom. The first-order chi connectivity index (χ1) is 17.3. The van der Waals surface area contributed by atoms with Crippen molar-refractivity contribution < 1.29 is 42.9 Å². The SMILES string of the molecule is CCOC(=O)CCCCCCC(C(=O)OCC)C(=O)C(CCCCCCC(=O)OCC)C(=O)OCC. The van der Waals surface area contributed by atoms with Crippen LogP contribution in [0.4, 0.5) is 0 Å². The second-order valence-electron chi connectivity index (χ2n) is 8.53. The number of ketones is 1. The van der Waals surface area contributed by atoms with Crippen LogP contribution in [0.1, 0.15) is 105 Å². The van der Waals surface area contributed by atoms with Crippen LogP contribution in [0.15, 0.2) is 0 Å². The molecule has 0 radical (unpaired) electrons. The third kappa shape index (κ3) is 15.5. The molecule has 36 heavy (non-hydrogen) atoms. The van der Waals surface area contributed by atoms with Gasteiger partial charge in [0, 0.05) is 12.8 Å². The first kappa shape index (κ1) is 33.5. The molecule has 2 unspecified atom stereocenters. The average Bonchev–Trinajstić information content (AvgIpc) is 2.83. The Bertz CT molecular complexity index is 606. The predicted octanol–water partition coefficient (Wildman–Crippen LogP) is 4.72. The van der Waals surface area contributed by atoms with Gasteiger partial charge in [0.05, 0.1) is 26.4 Å². The van der Waals surface area contributed by atoms with Crippen LogP contribution in [0.2, 0.25) is 0 Å². The lowest BCUT2D eigenvalue weighted by Gasteiger charge is -2.20. The molecule has 0 aliphatic rings. The molecule has 0 N–H and O–H groups in total. The molecule has 0 aromatic rings. The number of hydrogen-bond acceptors (Lipinski definition) is 9. The Balaban J connectivity index is 4.89. The highest BCUT2D eigenvalue weighted by atomic mass is 16.5. The molecule has 0 amide bonds. The highest BCUT2D eigenvalue weighted by Crippen LogP contribution is 2.23. The Morgan fingerprint density at radius 1 is 0.472 bits per heavy atom. The Morgan fingerprint density at radius 3 is 1.14 bits per heavy atom. The molecule has 0 heterocycles. The van der Waals surface area contributed by atoms with Crippen molar-refractivity contribution in [3.8, 4) is 0 Å². The zero-order valence-corrected chi connectivity index (χ0v) is 22.6. The molecule has 9 heteroatoms. The number of esters is 4. The number of Topliss-reactive ketones (excluding diaryl/α,β-unsaturated/α-hetero) is 1. The third-order valence-electron chi connectivity index (χ3n) is 5.69. The molecule has 0 rings (SSSR count). The zero-order chi connectivity index (χ0) is 27.2. The number of carbonyl (C=O) groups is 5. The predicted molar refractivity (Wildman–Crippen MR) is 134 cm³/mol. The molecule has 0 aromatic heterocycles. The van der Waals surface area contributed by atoms with Gasteiger partial charge in [-0.3, -0.25) is 24.0 Å². The van der Waals surface area contributed by atoms with E-state index in [1.54, 1.807) is 27.7 Å². The largest absolute Gasteiger partial charge is 0.466 e. The lowest BCUT2D eigenvalue weighted by Crippen LogP contribution is -2.36. The molecule has 9 nitrogen and oxygen atoms in total. The van der Waals surface area contributed by atoms with E-state index < -0.39 is 29.6 Å². The Kier molecular flexibility index (Phi) is 20.3. The maximum absolute atomic E-state index is 13.3. The van der Waals surface area contributed by atoms with Gasteiger partial charge in [0.2, 0.25) is 0 Å². The zero-order valence-electron chi connectivity index (χ0n) is 22.6. The van der Waals surface area contributed by atoms with Crippen LogP contribution >= 0.6 is 0 Å². The number of carbonyl (C=O) groups excluding carboxylic acids is 5. The number of rotatable bonds is 22. The van der Waals surface area contributed by atoms with Gasteiger partial charge in [-0.15, -0.1) is 0 Å². The van der Waals surface area contributed by atoms with Crippen LogP contribution in [0.25, 0.3) is 0 Å². The van der Waals surface area contributed by atoms with Crippen LogP contribution in [0.5, 0.6) is 0 Å². The third-order valence-corrected chi connectivity index (χ3v) is 5.69. The standard InChI is InChI=1S/C27H46O9/c1-5-33-23(28)19-15-11-9-13-17-21(26(31)35-7-3)25(30)22(27(32)36-8-4)18-14-10-12-16-20-24(29)34-6-2/h21-22H,5-20H2,1-4H3. The number of unbranched alkanes of at least 4 members (excludes halogenated alkanes) is 6.